The Balaban J connectivity index is 1.44. The van der Waals surface area contributed by atoms with E-state index in [0.717, 1.165) is 30.7 Å². The van der Waals surface area contributed by atoms with Crippen molar-refractivity contribution in [3.05, 3.63) is 47.5 Å². The van der Waals surface area contributed by atoms with E-state index in [1.165, 1.54) is 22.9 Å². The van der Waals surface area contributed by atoms with Gasteiger partial charge in [0.2, 0.25) is 5.91 Å². The number of aromatic nitrogens is 1. The molecule has 0 fully saturated rings. The number of hydrogen-bond donors (Lipinski definition) is 1. The smallest absolute Gasteiger partial charge is 0.344 e. The fraction of sp³-hybridized carbons (Fsp3) is 0.516. The summed E-state index contributed by atoms with van der Waals surface area (Å²) in [5, 5.41) is 3.75. The second kappa shape index (κ2) is 13.9. The van der Waals surface area contributed by atoms with Gasteiger partial charge < -0.3 is 19.2 Å². The van der Waals surface area contributed by atoms with Gasteiger partial charge in [0.25, 0.3) is 5.22 Å². The highest BCUT2D eigenvalue weighted by Gasteiger charge is 2.19. The van der Waals surface area contributed by atoms with E-state index in [1.807, 2.05) is 32.9 Å². The molecule has 3 aromatic rings. The van der Waals surface area contributed by atoms with Gasteiger partial charge >= 0.3 is 5.97 Å². The Bertz CT molecular complexity index is 1230. The molecule has 0 radical (unpaired) electrons. The molecule has 7 nitrogen and oxygen atoms in total. The third kappa shape index (κ3) is 9.31. The molecule has 0 bridgehead atoms. The fourth-order valence-corrected chi connectivity index (χ4v) is 5.04. The number of amides is 1. The van der Waals surface area contributed by atoms with Gasteiger partial charge in [-0.1, -0.05) is 70.1 Å². The van der Waals surface area contributed by atoms with E-state index < -0.39 is 11.6 Å². The molecule has 0 atom stereocenters. The summed E-state index contributed by atoms with van der Waals surface area (Å²) in [4.78, 5) is 29.3. The predicted octanol–water partition coefficient (Wildman–Crippen LogP) is 8.09. The number of rotatable bonds is 13. The van der Waals surface area contributed by atoms with Gasteiger partial charge in [0.05, 0.1) is 0 Å². The van der Waals surface area contributed by atoms with Crippen LogP contribution in [0.3, 0.4) is 0 Å². The van der Waals surface area contributed by atoms with Crippen LogP contribution in [0, 0.1) is 0 Å². The zero-order valence-electron chi connectivity index (χ0n) is 24.3. The van der Waals surface area contributed by atoms with Crippen LogP contribution in [0.1, 0.15) is 97.1 Å². The van der Waals surface area contributed by atoms with Crippen molar-refractivity contribution in [2.75, 3.05) is 17.7 Å². The minimum absolute atomic E-state index is 0.0653. The monoisotopic (exact) mass is 554 g/mol. The second-order valence-electron chi connectivity index (χ2n) is 11.3. The molecule has 0 unspecified atom stereocenters. The van der Waals surface area contributed by atoms with Crippen molar-refractivity contribution in [2.45, 2.75) is 96.8 Å². The van der Waals surface area contributed by atoms with Crippen LogP contribution in [0.15, 0.2) is 46.0 Å². The van der Waals surface area contributed by atoms with Gasteiger partial charge in [0.1, 0.15) is 11.1 Å². The second-order valence-corrected chi connectivity index (χ2v) is 12.3. The normalized spacial score (nSPS) is 11.8. The molecule has 0 aliphatic heterocycles. The Labute approximate surface area is 236 Å². The minimum Gasteiger partial charge on any atom is -0.478 e. The van der Waals surface area contributed by atoms with E-state index in [0.29, 0.717) is 40.3 Å². The summed E-state index contributed by atoms with van der Waals surface area (Å²) in [6.45, 7) is 13.9. The average molecular weight is 555 g/mol. The van der Waals surface area contributed by atoms with Crippen LogP contribution >= 0.6 is 11.8 Å². The number of para-hydroxylation sites is 2. The number of thioether (sulfide) groups is 1. The van der Waals surface area contributed by atoms with Gasteiger partial charge in [0.15, 0.2) is 17.9 Å². The number of unbranched alkanes of at least 4 members (excludes halogenated alkanes) is 2. The number of carbonyl (C=O) groups excluding carboxylic acids is 2. The third-order valence-electron chi connectivity index (χ3n) is 6.04. The van der Waals surface area contributed by atoms with E-state index in [9.17, 15) is 9.59 Å². The number of ether oxygens (including phenoxy) is 2. The predicted molar refractivity (Wildman–Crippen MR) is 158 cm³/mol. The van der Waals surface area contributed by atoms with Gasteiger partial charge in [-0.2, -0.15) is 0 Å². The molecule has 0 aliphatic carbocycles. The first-order chi connectivity index (χ1) is 18.4. The number of benzene rings is 2. The number of carbonyl (C=O) groups is 2. The highest BCUT2D eigenvalue weighted by atomic mass is 32.2. The van der Waals surface area contributed by atoms with Crippen LogP contribution < -0.4 is 10.1 Å². The number of nitrogens with one attached hydrogen (secondary N) is 1. The number of esters is 1. The molecule has 8 heteroatoms. The molecule has 0 saturated heterocycles. The molecule has 1 heterocycles. The summed E-state index contributed by atoms with van der Waals surface area (Å²) in [5.74, 6) is 1.60. The summed E-state index contributed by atoms with van der Waals surface area (Å²) in [6, 6.07) is 11.7. The topological polar surface area (TPSA) is 90.7 Å². The number of nitrogens with zero attached hydrogens (tertiary/aromatic N) is 1. The zero-order chi connectivity index (χ0) is 28.6. The Hall–Kier alpha value is -3.00. The standard InChI is InChI=1S/C31H42N2O5S/c1-20(2)22-13-11-14-23(21(3)4)28(22)33-26(34)17-9-8-10-18-39-30-32-24-15-12-16-25(29(24)37-30)36-19-27(35)38-31(5,6)7/h11-16,20-21H,8-10,17-19H2,1-7H3,(H,33,34). The number of anilines is 1. The summed E-state index contributed by atoms with van der Waals surface area (Å²) < 4.78 is 16.9. The van der Waals surface area contributed by atoms with Crippen molar-refractivity contribution in [1.29, 1.82) is 0 Å². The highest BCUT2D eigenvalue weighted by Crippen LogP contribution is 2.33. The molecule has 2 aromatic carbocycles. The SMILES string of the molecule is CC(C)c1cccc(C(C)C)c1NC(=O)CCCCCSc1nc2cccc(OCC(=O)OC(C)(C)C)c2o1. The first-order valence-corrected chi connectivity index (χ1v) is 14.7. The molecule has 212 valence electrons. The summed E-state index contributed by atoms with van der Waals surface area (Å²) in [5.41, 5.74) is 3.97. The maximum absolute atomic E-state index is 12.7. The lowest BCUT2D eigenvalue weighted by atomic mass is 9.92. The van der Waals surface area contributed by atoms with E-state index in [4.69, 9.17) is 13.9 Å². The largest absolute Gasteiger partial charge is 0.478 e. The maximum Gasteiger partial charge on any atom is 0.344 e. The van der Waals surface area contributed by atoms with Gasteiger partial charge in [-0.25, -0.2) is 9.78 Å². The average Bonchev–Trinajstić information content (AvgIpc) is 3.27. The van der Waals surface area contributed by atoms with Crippen LogP contribution in [-0.4, -0.2) is 34.8 Å². The van der Waals surface area contributed by atoms with Crippen LogP contribution in [-0.2, 0) is 14.3 Å². The number of fused-ring (bicyclic) bond motifs is 1. The first kappa shape index (κ1) is 30.5. The van der Waals surface area contributed by atoms with Crippen molar-refractivity contribution in [2.24, 2.45) is 0 Å². The number of oxazole rings is 1. The Morgan fingerprint density at radius 2 is 1.64 bits per heavy atom. The van der Waals surface area contributed by atoms with Gasteiger partial charge in [-0.3, -0.25) is 4.79 Å². The molecule has 1 aromatic heterocycles. The molecule has 0 aliphatic rings. The van der Waals surface area contributed by atoms with Gasteiger partial charge in [-0.05, 0) is 68.7 Å². The van der Waals surface area contributed by atoms with Gasteiger partial charge in [0, 0.05) is 17.9 Å². The van der Waals surface area contributed by atoms with E-state index in [1.54, 1.807) is 6.07 Å². The summed E-state index contributed by atoms with van der Waals surface area (Å²) >= 11 is 1.53. The van der Waals surface area contributed by atoms with Crippen molar-refractivity contribution in [3.8, 4) is 5.75 Å². The van der Waals surface area contributed by atoms with Crippen LogP contribution in [0.4, 0.5) is 5.69 Å². The molecule has 0 spiro atoms. The summed E-state index contributed by atoms with van der Waals surface area (Å²) in [7, 11) is 0. The lowest BCUT2D eigenvalue weighted by Crippen LogP contribution is -2.27. The van der Waals surface area contributed by atoms with Crippen LogP contribution in [0.25, 0.3) is 11.1 Å². The molecule has 1 N–H and O–H groups in total. The van der Waals surface area contributed by atoms with E-state index in [2.05, 4.69) is 56.2 Å². The molecule has 1 amide bonds. The molecular formula is C31H42N2O5S. The Morgan fingerprint density at radius 3 is 2.28 bits per heavy atom. The van der Waals surface area contributed by atoms with Crippen LogP contribution in [0.5, 0.6) is 5.75 Å². The van der Waals surface area contributed by atoms with Crippen molar-refractivity contribution < 1.29 is 23.5 Å². The lowest BCUT2D eigenvalue weighted by Gasteiger charge is -2.20. The van der Waals surface area contributed by atoms with E-state index in [-0.39, 0.29) is 12.5 Å². The highest BCUT2D eigenvalue weighted by molar-refractivity contribution is 7.99. The third-order valence-corrected chi connectivity index (χ3v) is 6.95. The van der Waals surface area contributed by atoms with Crippen LogP contribution in [0.2, 0.25) is 0 Å². The van der Waals surface area contributed by atoms with Crippen molar-refractivity contribution in [1.82, 2.24) is 4.98 Å². The fourth-order valence-electron chi connectivity index (χ4n) is 4.21. The van der Waals surface area contributed by atoms with Crippen molar-refractivity contribution in [3.63, 3.8) is 0 Å². The van der Waals surface area contributed by atoms with Gasteiger partial charge in [-0.15, -0.1) is 0 Å². The van der Waals surface area contributed by atoms with E-state index >= 15 is 0 Å². The molecular weight excluding hydrogens is 512 g/mol. The first-order valence-electron chi connectivity index (χ1n) is 13.7. The zero-order valence-corrected chi connectivity index (χ0v) is 25.1. The number of hydrogen-bond acceptors (Lipinski definition) is 7. The lowest BCUT2D eigenvalue weighted by molar-refractivity contribution is -0.157. The minimum atomic E-state index is -0.567. The quantitative estimate of drug-likeness (QED) is 0.130. The summed E-state index contributed by atoms with van der Waals surface area (Å²) in [6.07, 6.45) is 3.20. The molecule has 0 saturated carbocycles. The molecule has 3 rings (SSSR count). The van der Waals surface area contributed by atoms with Crippen molar-refractivity contribution >= 4 is 40.4 Å². The Kier molecular flexibility index (Phi) is 10.9. The molecule has 39 heavy (non-hydrogen) atoms. The Morgan fingerprint density at radius 1 is 0.974 bits per heavy atom. The maximum atomic E-state index is 12.7.